The normalized spacial score (nSPS) is 15.6. The summed E-state index contributed by atoms with van der Waals surface area (Å²) in [7, 11) is 0. The fourth-order valence-corrected chi connectivity index (χ4v) is 2.08. The number of nitro groups is 1. The average Bonchev–Trinajstić information content (AvgIpc) is 2.81. The maximum atomic E-state index is 11.8. The highest BCUT2D eigenvalue weighted by molar-refractivity contribution is 6.32. The lowest BCUT2D eigenvalue weighted by atomic mass is 10.2. The van der Waals surface area contributed by atoms with Crippen molar-refractivity contribution in [1.82, 2.24) is 4.98 Å². The highest BCUT2D eigenvalue weighted by Crippen LogP contribution is 2.25. The van der Waals surface area contributed by atoms with E-state index in [0.29, 0.717) is 0 Å². The van der Waals surface area contributed by atoms with Crippen LogP contribution in [0, 0.1) is 10.1 Å². The lowest BCUT2D eigenvalue weighted by molar-refractivity contribution is -0.385. The fourth-order valence-electron chi connectivity index (χ4n) is 1.90. The molecule has 0 spiro atoms. The van der Waals surface area contributed by atoms with Crippen molar-refractivity contribution in [3.8, 4) is 0 Å². The highest BCUT2D eigenvalue weighted by Gasteiger charge is 2.23. The Morgan fingerprint density at radius 3 is 2.78 bits per heavy atom. The van der Waals surface area contributed by atoms with Crippen molar-refractivity contribution < 1.29 is 14.5 Å². The Kier molecular flexibility index (Phi) is 3.76. The monoisotopic (exact) mass is 270 g/mol. The Balaban J connectivity index is 2.17. The van der Waals surface area contributed by atoms with Crippen molar-refractivity contribution >= 4 is 23.3 Å². The summed E-state index contributed by atoms with van der Waals surface area (Å²) in [5.74, 6) is -0.650. The Bertz CT molecular complexity index is 486. The van der Waals surface area contributed by atoms with Crippen molar-refractivity contribution in [3.63, 3.8) is 0 Å². The van der Waals surface area contributed by atoms with Gasteiger partial charge in [-0.25, -0.2) is 9.78 Å². The van der Waals surface area contributed by atoms with Crippen LogP contribution in [0.1, 0.15) is 36.0 Å². The third-order valence-corrected chi connectivity index (χ3v) is 3.13. The van der Waals surface area contributed by atoms with Crippen LogP contribution >= 0.6 is 11.6 Å². The summed E-state index contributed by atoms with van der Waals surface area (Å²) in [6, 6.07) is 1.09. The zero-order chi connectivity index (χ0) is 13.1. The van der Waals surface area contributed by atoms with E-state index in [4.69, 9.17) is 16.3 Å². The quantitative estimate of drug-likeness (QED) is 0.365. The molecule has 1 saturated carbocycles. The molecule has 2 rings (SSSR count). The maximum absolute atomic E-state index is 11.8. The molecule has 1 aromatic heterocycles. The van der Waals surface area contributed by atoms with Crippen LogP contribution in [0.5, 0.6) is 0 Å². The van der Waals surface area contributed by atoms with Crippen LogP contribution in [0.3, 0.4) is 0 Å². The van der Waals surface area contributed by atoms with Crippen molar-refractivity contribution in [2.24, 2.45) is 0 Å². The summed E-state index contributed by atoms with van der Waals surface area (Å²) in [5.41, 5.74) is -0.337. The van der Waals surface area contributed by atoms with Crippen LogP contribution in [0.2, 0.25) is 5.15 Å². The van der Waals surface area contributed by atoms with E-state index in [2.05, 4.69) is 4.98 Å². The van der Waals surface area contributed by atoms with Gasteiger partial charge in [0.05, 0.1) is 4.92 Å². The second-order valence-electron chi connectivity index (χ2n) is 4.10. The Labute approximate surface area is 108 Å². The van der Waals surface area contributed by atoms with E-state index >= 15 is 0 Å². The Morgan fingerprint density at radius 2 is 2.17 bits per heavy atom. The van der Waals surface area contributed by atoms with Gasteiger partial charge in [-0.3, -0.25) is 10.1 Å². The van der Waals surface area contributed by atoms with Gasteiger partial charge in [-0.2, -0.15) is 0 Å². The number of aromatic nitrogens is 1. The summed E-state index contributed by atoms with van der Waals surface area (Å²) < 4.78 is 5.23. The van der Waals surface area contributed by atoms with Gasteiger partial charge in [0, 0.05) is 6.07 Å². The Morgan fingerprint density at radius 1 is 1.50 bits per heavy atom. The van der Waals surface area contributed by atoms with Crippen molar-refractivity contribution in [2.75, 3.05) is 0 Å². The third-order valence-electron chi connectivity index (χ3n) is 2.83. The van der Waals surface area contributed by atoms with E-state index < -0.39 is 10.9 Å². The molecule has 0 unspecified atom stereocenters. The van der Waals surface area contributed by atoms with Crippen LogP contribution in [0.15, 0.2) is 12.3 Å². The summed E-state index contributed by atoms with van der Waals surface area (Å²) in [6.07, 6.45) is 4.59. The first-order chi connectivity index (χ1) is 8.58. The molecule has 0 N–H and O–H groups in total. The first kappa shape index (κ1) is 12.8. The van der Waals surface area contributed by atoms with E-state index in [0.717, 1.165) is 37.9 Å². The van der Waals surface area contributed by atoms with Gasteiger partial charge in [0.25, 0.3) is 5.69 Å². The second kappa shape index (κ2) is 5.30. The van der Waals surface area contributed by atoms with Gasteiger partial charge in [0.15, 0.2) is 0 Å². The first-order valence-electron chi connectivity index (χ1n) is 5.59. The number of nitrogens with zero attached hydrogens (tertiary/aromatic N) is 2. The Hall–Kier alpha value is -1.69. The minimum Gasteiger partial charge on any atom is -0.459 e. The van der Waals surface area contributed by atoms with Gasteiger partial charge in [0.2, 0.25) is 0 Å². The van der Waals surface area contributed by atoms with Crippen molar-refractivity contribution in [3.05, 3.63) is 33.1 Å². The molecule has 1 fully saturated rings. The molecule has 18 heavy (non-hydrogen) atoms. The summed E-state index contributed by atoms with van der Waals surface area (Å²) in [4.78, 5) is 25.4. The van der Waals surface area contributed by atoms with Gasteiger partial charge in [-0.1, -0.05) is 11.6 Å². The number of esters is 1. The SMILES string of the molecule is O=C(OC1CCCC1)c1cc([N+](=O)[O-])cnc1Cl. The van der Waals surface area contributed by atoms with Crippen LogP contribution < -0.4 is 0 Å². The largest absolute Gasteiger partial charge is 0.459 e. The number of pyridine rings is 1. The average molecular weight is 271 g/mol. The van der Waals surface area contributed by atoms with E-state index in [1.807, 2.05) is 0 Å². The molecule has 6 nitrogen and oxygen atoms in total. The van der Waals surface area contributed by atoms with Gasteiger partial charge < -0.3 is 4.74 Å². The van der Waals surface area contributed by atoms with Gasteiger partial charge in [-0.15, -0.1) is 0 Å². The van der Waals surface area contributed by atoms with Crippen LogP contribution in [0.25, 0.3) is 0 Å². The molecule has 0 aromatic carbocycles. The topological polar surface area (TPSA) is 82.3 Å². The molecule has 0 amide bonds. The molecule has 7 heteroatoms. The fraction of sp³-hybridized carbons (Fsp3) is 0.455. The number of rotatable bonds is 3. The molecule has 1 aliphatic carbocycles. The zero-order valence-corrected chi connectivity index (χ0v) is 10.2. The minimum absolute atomic E-state index is 0.0576. The molecule has 0 bridgehead atoms. The van der Waals surface area contributed by atoms with Gasteiger partial charge in [0.1, 0.15) is 23.0 Å². The number of hydrogen-bond acceptors (Lipinski definition) is 5. The van der Waals surface area contributed by atoms with E-state index in [1.165, 1.54) is 0 Å². The lowest BCUT2D eigenvalue weighted by Gasteiger charge is -2.11. The van der Waals surface area contributed by atoms with Crippen LogP contribution in [0.4, 0.5) is 5.69 Å². The summed E-state index contributed by atoms with van der Waals surface area (Å²) in [5, 5.41) is 10.5. The molecule has 96 valence electrons. The molecular weight excluding hydrogens is 260 g/mol. The standard InChI is InChI=1S/C11H11ClN2O4/c12-10-9(5-7(6-13-10)14(16)17)11(15)18-8-3-1-2-4-8/h5-6,8H,1-4H2. The van der Waals surface area contributed by atoms with Crippen LogP contribution in [-0.4, -0.2) is 22.0 Å². The molecule has 0 aliphatic heterocycles. The van der Waals surface area contributed by atoms with Crippen LogP contribution in [-0.2, 0) is 4.74 Å². The van der Waals surface area contributed by atoms with E-state index in [-0.39, 0.29) is 22.5 Å². The molecule has 0 radical (unpaired) electrons. The van der Waals surface area contributed by atoms with E-state index in [1.54, 1.807) is 0 Å². The van der Waals surface area contributed by atoms with E-state index in [9.17, 15) is 14.9 Å². The van der Waals surface area contributed by atoms with Crippen molar-refractivity contribution in [1.29, 1.82) is 0 Å². The number of hydrogen-bond donors (Lipinski definition) is 0. The molecule has 0 saturated heterocycles. The minimum atomic E-state index is -0.650. The van der Waals surface area contributed by atoms with Gasteiger partial charge in [-0.05, 0) is 25.7 Å². The molecule has 0 atom stereocenters. The third kappa shape index (κ3) is 2.76. The predicted octanol–water partition coefficient (Wildman–Crippen LogP) is 2.74. The molecule has 1 aromatic rings. The molecule has 1 heterocycles. The number of carbonyl (C=O) groups is 1. The summed E-state index contributed by atoms with van der Waals surface area (Å²) >= 11 is 5.75. The lowest BCUT2D eigenvalue weighted by Crippen LogP contribution is -2.15. The highest BCUT2D eigenvalue weighted by atomic mass is 35.5. The number of halogens is 1. The number of ether oxygens (including phenoxy) is 1. The smallest absolute Gasteiger partial charge is 0.341 e. The maximum Gasteiger partial charge on any atom is 0.341 e. The zero-order valence-electron chi connectivity index (χ0n) is 9.47. The summed E-state index contributed by atoms with van der Waals surface area (Å²) in [6.45, 7) is 0. The predicted molar refractivity (Wildman–Crippen MR) is 63.6 cm³/mol. The van der Waals surface area contributed by atoms with Crippen molar-refractivity contribution in [2.45, 2.75) is 31.8 Å². The molecule has 1 aliphatic rings. The number of carbonyl (C=O) groups excluding carboxylic acids is 1. The first-order valence-corrected chi connectivity index (χ1v) is 5.96. The van der Waals surface area contributed by atoms with Gasteiger partial charge >= 0.3 is 5.97 Å². The molecular formula is C11H11ClN2O4. The second-order valence-corrected chi connectivity index (χ2v) is 4.46.